The standard InChI is InChI=1S/C32H47N3O5/c1-20-6-9-24(10-7-20)35-19-23-17-27(35)32(38)33-18-30-28(36)13-11-25(40-30)14-15-39-29-16-22(21-4-2-3-5-21)8-12-26(29)31(37)34-23/h8,12,16,20-21,23-25,27-28,30,36H,2-7,9-11,13-15,17-19H2,1H3,(H,33,38)(H,34,37)/t20?,23-,24?,25-,27-,28-,30+/m0/s1. The number of carbonyl (C=O) groups is 2. The first-order valence-electron chi connectivity index (χ1n) is 15.9. The summed E-state index contributed by atoms with van der Waals surface area (Å²) in [7, 11) is 0. The summed E-state index contributed by atoms with van der Waals surface area (Å²) in [5.74, 6) is 1.75. The van der Waals surface area contributed by atoms with Crippen LogP contribution in [0.4, 0.5) is 0 Å². The Labute approximate surface area is 238 Å². The van der Waals surface area contributed by atoms with Gasteiger partial charge >= 0.3 is 0 Å². The zero-order valence-electron chi connectivity index (χ0n) is 24.0. The lowest BCUT2D eigenvalue weighted by Gasteiger charge is -2.37. The molecule has 2 saturated carbocycles. The summed E-state index contributed by atoms with van der Waals surface area (Å²) in [5, 5.41) is 17.0. The maximum absolute atomic E-state index is 13.7. The predicted octanol–water partition coefficient (Wildman–Crippen LogP) is 3.90. The van der Waals surface area contributed by atoms with Crippen LogP contribution in [-0.4, -0.2) is 78.0 Å². The van der Waals surface area contributed by atoms with E-state index in [2.05, 4.69) is 34.6 Å². The maximum atomic E-state index is 13.7. The highest BCUT2D eigenvalue weighted by atomic mass is 16.5. The zero-order valence-corrected chi connectivity index (χ0v) is 24.0. The van der Waals surface area contributed by atoms with Gasteiger partial charge in [-0.15, -0.1) is 0 Å². The SMILES string of the molecule is CC1CCC(N2C[C@@H]3C[C@H]2C(=O)NC[C@H]2O[C@H](CCOc4cc(C5CCCC5)ccc4C(=O)N3)CC[C@@H]2O)CC1. The molecule has 1 aromatic rings. The van der Waals surface area contributed by atoms with E-state index in [0.717, 1.165) is 25.2 Å². The van der Waals surface area contributed by atoms with E-state index in [9.17, 15) is 14.7 Å². The number of rotatable bonds is 2. The number of likely N-dealkylation sites (tertiary alicyclic amines) is 1. The van der Waals surface area contributed by atoms with Crippen LogP contribution in [0, 0.1) is 5.92 Å². The van der Waals surface area contributed by atoms with Gasteiger partial charge in [0.05, 0.1) is 30.4 Å². The van der Waals surface area contributed by atoms with Crippen molar-refractivity contribution in [2.45, 2.75) is 126 Å². The highest BCUT2D eigenvalue weighted by Gasteiger charge is 2.42. The lowest BCUT2D eigenvalue weighted by molar-refractivity contribution is -0.134. The minimum atomic E-state index is -0.586. The summed E-state index contributed by atoms with van der Waals surface area (Å²) in [5.41, 5.74) is 1.82. The summed E-state index contributed by atoms with van der Waals surface area (Å²) in [6.45, 7) is 3.71. The van der Waals surface area contributed by atoms with Crippen LogP contribution < -0.4 is 15.4 Å². The molecule has 3 heterocycles. The van der Waals surface area contributed by atoms with E-state index in [4.69, 9.17) is 9.47 Å². The fourth-order valence-electron chi connectivity index (χ4n) is 7.79. The fourth-order valence-corrected chi connectivity index (χ4v) is 7.79. The number of carbonyl (C=O) groups excluding carboxylic acids is 2. The van der Waals surface area contributed by atoms with Gasteiger partial charge in [0.15, 0.2) is 0 Å². The number of hydrogen-bond donors (Lipinski definition) is 3. The van der Waals surface area contributed by atoms with Crippen molar-refractivity contribution in [3.8, 4) is 5.75 Å². The molecule has 0 aromatic heterocycles. The van der Waals surface area contributed by atoms with E-state index >= 15 is 0 Å². The summed E-state index contributed by atoms with van der Waals surface area (Å²) in [6, 6.07) is 6.06. The largest absolute Gasteiger partial charge is 0.493 e. The fraction of sp³-hybridized carbons (Fsp3) is 0.750. The van der Waals surface area contributed by atoms with Gasteiger partial charge in [-0.05, 0) is 87.3 Å². The Kier molecular flexibility index (Phi) is 8.66. The molecule has 8 nitrogen and oxygen atoms in total. The number of aliphatic hydroxyl groups is 1. The van der Waals surface area contributed by atoms with Crippen LogP contribution in [0.15, 0.2) is 18.2 Å². The lowest BCUT2D eigenvalue weighted by atomic mass is 9.86. The third kappa shape index (κ3) is 6.19. The molecular weight excluding hydrogens is 506 g/mol. The molecule has 1 aromatic carbocycles. The predicted molar refractivity (Wildman–Crippen MR) is 152 cm³/mol. The molecule has 2 amide bonds. The van der Waals surface area contributed by atoms with Crippen molar-refractivity contribution in [2.24, 2.45) is 5.92 Å². The Morgan fingerprint density at radius 3 is 2.58 bits per heavy atom. The zero-order chi connectivity index (χ0) is 27.6. The third-order valence-electron chi connectivity index (χ3n) is 10.3. The Hall–Kier alpha value is -2.16. The minimum absolute atomic E-state index is 0.0228. The van der Waals surface area contributed by atoms with Crippen molar-refractivity contribution in [3.63, 3.8) is 0 Å². The Balaban J connectivity index is 1.26. The van der Waals surface area contributed by atoms with E-state index in [-0.39, 0.29) is 30.0 Å². The summed E-state index contributed by atoms with van der Waals surface area (Å²) >= 11 is 0. The Bertz CT molecular complexity index is 1050. The molecule has 5 aliphatic rings. The molecule has 3 aliphatic heterocycles. The van der Waals surface area contributed by atoms with Gasteiger partial charge in [-0.3, -0.25) is 14.5 Å². The van der Waals surface area contributed by atoms with Crippen molar-refractivity contribution < 1.29 is 24.2 Å². The van der Waals surface area contributed by atoms with Crippen LogP contribution in [0.1, 0.15) is 106 Å². The number of aliphatic hydroxyl groups excluding tert-OH is 1. The minimum Gasteiger partial charge on any atom is -0.493 e. The second-order valence-corrected chi connectivity index (χ2v) is 13.1. The van der Waals surface area contributed by atoms with Crippen molar-refractivity contribution in [3.05, 3.63) is 29.3 Å². The quantitative estimate of drug-likeness (QED) is 0.514. The molecule has 4 bridgehead atoms. The molecule has 4 fully saturated rings. The monoisotopic (exact) mass is 553 g/mol. The average molecular weight is 554 g/mol. The second kappa shape index (κ2) is 12.4. The number of benzene rings is 1. The van der Waals surface area contributed by atoms with Crippen LogP contribution in [0.5, 0.6) is 5.75 Å². The van der Waals surface area contributed by atoms with Crippen molar-refractivity contribution in [1.29, 1.82) is 0 Å². The first-order valence-corrected chi connectivity index (χ1v) is 15.9. The normalized spacial score (nSPS) is 36.4. The molecule has 0 unspecified atom stereocenters. The summed E-state index contributed by atoms with van der Waals surface area (Å²) < 4.78 is 12.6. The molecule has 0 radical (unpaired) electrons. The van der Waals surface area contributed by atoms with E-state index < -0.39 is 12.2 Å². The van der Waals surface area contributed by atoms with Crippen LogP contribution in [0.3, 0.4) is 0 Å². The molecule has 3 N–H and O–H groups in total. The van der Waals surface area contributed by atoms with Gasteiger partial charge in [0.1, 0.15) is 11.9 Å². The van der Waals surface area contributed by atoms with Gasteiger partial charge in [0.25, 0.3) is 5.91 Å². The van der Waals surface area contributed by atoms with Gasteiger partial charge in [-0.25, -0.2) is 0 Å². The van der Waals surface area contributed by atoms with Crippen LogP contribution in [-0.2, 0) is 9.53 Å². The van der Waals surface area contributed by atoms with E-state index in [1.807, 2.05) is 6.07 Å². The second-order valence-electron chi connectivity index (χ2n) is 13.1. The average Bonchev–Trinajstić information content (AvgIpc) is 3.64. The Morgan fingerprint density at radius 2 is 1.77 bits per heavy atom. The van der Waals surface area contributed by atoms with Gasteiger partial charge in [-0.1, -0.05) is 25.8 Å². The lowest BCUT2D eigenvalue weighted by Crippen LogP contribution is -2.52. The molecule has 220 valence electrons. The molecule has 40 heavy (non-hydrogen) atoms. The highest BCUT2D eigenvalue weighted by Crippen LogP contribution is 2.37. The summed E-state index contributed by atoms with van der Waals surface area (Å²) in [4.78, 5) is 29.6. The first-order chi connectivity index (χ1) is 19.4. The highest BCUT2D eigenvalue weighted by molar-refractivity contribution is 5.97. The van der Waals surface area contributed by atoms with Gasteiger partial charge in [0.2, 0.25) is 5.91 Å². The Morgan fingerprint density at radius 1 is 0.975 bits per heavy atom. The first kappa shape index (κ1) is 28.0. The van der Waals surface area contributed by atoms with Crippen molar-refractivity contribution in [1.82, 2.24) is 15.5 Å². The van der Waals surface area contributed by atoms with Crippen LogP contribution in [0.25, 0.3) is 0 Å². The molecule has 5 atom stereocenters. The van der Waals surface area contributed by atoms with Gasteiger partial charge < -0.3 is 25.2 Å². The molecule has 2 saturated heterocycles. The van der Waals surface area contributed by atoms with Crippen LogP contribution >= 0.6 is 0 Å². The third-order valence-corrected chi connectivity index (χ3v) is 10.3. The maximum Gasteiger partial charge on any atom is 0.255 e. The molecule has 8 heteroatoms. The number of fused-ring (bicyclic) bond motifs is 5. The van der Waals surface area contributed by atoms with E-state index in [1.165, 1.54) is 44.1 Å². The number of ether oxygens (including phenoxy) is 2. The van der Waals surface area contributed by atoms with Gasteiger partial charge in [0, 0.05) is 31.6 Å². The topological polar surface area (TPSA) is 100 Å². The number of nitrogens with one attached hydrogen (secondary N) is 2. The summed E-state index contributed by atoms with van der Waals surface area (Å²) in [6.07, 6.45) is 11.0. The molecule has 6 rings (SSSR count). The van der Waals surface area contributed by atoms with E-state index in [0.29, 0.717) is 62.2 Å². The van der Waals surface area contributed by atoms with Crippen molar-refractivity contribution >= 4 is 11.8 Å². The number of nitrogens with zero attached hydrogens (tertiary/aromatic N) is 1. The van der Waals surface area contributed by atoms with Gasteiger partial charge in [-0.2, -0.15) is 0 Å². The molecule has 0 spiro atoms. The molecule has 2 aliphatic carbocycles. The van der Waals surface area contributed by atoms with E-state index in [1.54, 1.807) is 0 Å². The molecular formula is C32H47N3O5. The number of amides is 2. The van der Waals surface area contributed by atoms with Crippen molar-refractivity contribution in [2.75, 3.05) is 19.7 Å². The number of hydrogen-bond acceptors (Lipinski definition) is 6. The van der Waals surface area contributed by atoms with Crippen LogP contribution in [0.2, 0.25) is 0 Å². The smallest absolute Gasteiger partial charge is 0.255 e.